The maximum atomic E-state index is 9.72. The van der Waals surface area contributed by atoms with Gasteiger partial charge in [-0.05, 0) is 37.5 Å². The van der Waals surface area contributed by atoms with Crippen LogP contribution in [-0.4, -0.2) is 23.1 Å². The van der Waals surface area contributed by atoms with Crippen molar-refractivity contribution in [3.63, 3.8) is 0 Å². The fourth-order valence-electron chi connectivity index (χ4n) is 2.05. The lowest BCUT2D eigenvalue weighted by Gasteiger charge is -2.14. The molecule has 2 nitrogen and oxygen atoms in total. The average Bonchev–Trinajstić information content (AvgIpc) is 2.75. The third-order valence-electron chi connectivity index (χ3n) is 3.25. The van der Waals surface area contributed by atoms with Crippen molar-refractivity contribution < 1.29 is 9.84 Å². The van der Waals surface area contributed by atoms with Crippen LogP contribution in [0.4, 0.5) is 0 Å². The summed E-state index contributed by atoms with van der Waals surface area (Å²) in [6.45, 7) is 5.01. The van der Waals surface area contributed by atoms with Crippen LogP contribution in [0.25, 0.3) is 0 Å². The lowest BCUT2D eigenvalue weighted by atomic mass is 10.1. The van der Waals surface area contributed by atoms with Gasteiger partial charge in [0, 0.05) is 16.8 Å². The third kappa shape index (κ3) is 3.24. The molecule has 0 spiro atoms. The van der Waals surface area contributed by atoms with Crippen molar-refractivity contribution in [1.29, 1.82) is 0 Å². The number of rotatable bonds is 4. The molecule has 1 fully saturated rings. The number of ether oxygens (including phenoxy) is 1. The summed E-state index contributed by atoms with van der Waals surface area (Å²) in [4.78, 5) is 1.26. The van der Waals surface area contributed by atoms with Crippen LogP contribution in [-0.2, 0) is 4.74 Å². The van der Waals surface area contributed by atoms with Gasteiger partial charge in [-0.25, -0.2) is 0 Å². The zero-order chi connectivity index (χ0) is 12.3. The Bertz CT molecular complexity index is 350. The fraction of sp³-hybridized carbons (Fsp3) is 0.571. The Balaban J connectivity index is 1.98. The first kappa shape index (κ1) is 12.9. The zero-order valence-corrected chi connectivity index (χ0v) is 11.2. The highest BCUT2D eigenvalue weighted by atomic mass is 32.2. The molecule has 3 atom stereocenters. The number of hydrogen-bond donors (Lipinski definition) is 1. The molecule has 1 aromatic rings. The zero-order valence-electron chi connectivity index (χ0n) is 10.4. The molecular weight excluding hydrogens is 232 g/mol. The van der Waals surface area contributed by atoms with Crippen molar-refractivity contribution in [3.8, 4) is 0 Å². The minimum Gasteiger partial charge on any atom is -0.388 e. The van der Waals surface area contributed by atoms with E-state index in [4.69, 9.17) is 4.74 Å². The van der Waals surface area contributed by atoms with E-state index in [1.807, 2.05) is 30.8 Å². The molecule has 1 aromatic carbocycles. The molecule has 0 aliphatic carbocycles. The SMILES string of the molecule is CC[C@@H](O)c1ccc(SC2CCOC2C)cc1. The summed E-state index contributed by atoms with van der Waals surface area (Å²) in [6.07, 6.45) is 1.91. The van der Waals surface area contributed by atoms with Gasteiger partial charge in [0.15, 0.2) is 0 Å². The molecular formula is C14H20O2S. The van der Waals surface area contributed by atoms with Gasteiger partial charge >= 0.3 is 0 Å². The lowest BCUT2D eigenvalue weighted by molar-refractivity contribution is 0.127. The molecule has 0 aromatic heterocycles. The highest BCUT2D eigenvalue weighted by Crippen LogP contribution is 2.33. The van der Waals surface area contributed by atoms with Crippen molar-refractivity contribution in [2.75, 3.05) is 6.61 Å². The van der Waals surface area contributed by atoms with E-state index in [2.05, 4.69) is 19.1 Å². The summed E-state index contributed by atoms with van der Waals surface area (Å²) in [5, 5.41) is 10.3. The summed E-state index contributed by atoms with van der Waals surface area (Å²) in [5.74, 6) is 0. The van der Waals surface area contributed by atoms with E-state index in [-0.39, 0.29) is 6.10 Å². The summed E-state index contributed by atoms with van der Waals surface area (Å²) in [6, 6.07) is 8.25. The Hall–Kier alpha value is -0.510. The molecule has 0 radical (unpaired) electrons. The molecule has 1 aliphatic heterocycles. The fourth-order valence-corrected chi connectivity index (χ4v) is 3.17. The number of hydrogen-bond acceptors (Lipinski definition) is 3. The Morgan fingerprint density at radius 2 is 2.12 bits per heavy atom. The van der Waals surface area contributed by atoms with Crippen LogP contribution >= 0.6 is 11.8 Å². The first-order chi connectivity index (χ1) is 8.20. The average molecular weight is 252 g/mol. The van der Waals surface area contributed by atoms with E-state index in [1.54, 1.807) is 0 Å². The second-order valence-corrected chi connectivity index (χ2v) is 5.83. The summed E-state index contributed by atoms with van der Waals surface area (Å²) in [5.41, 5.74) is 1.01. The molecule has 0 bridgehead atoms. The molecule has 1 N–H and O–H groups in total. The number of thioether (sulfide) groups is 1. The number of benzene rings is 1. The van der Waals surface area contributed by atoms with Gasteiger partial charge in [-0.2, -0.15) is 0 Å². The third-order valence-corrected chi connectivity index (χ3v) is 4.71. The molecule has 0 amide bonds. The maximum absolute atomic E-state index is 9.72. The van der Waals surface area contributed by atoms with Crippen molar-refractivity contribution in [3.05, 3.63) is 29.8 Å². The molecule has 94 valence electrons. The standard InChI is InChI=1S/C14H20O2S/c1-3-13(15)11-4-6-12(7-5-11)17-14-8-9-16-10(14)2/h4-7,10,13-15H,3,8-9H2,1-2H3/t10?,13-,14?/m1/s1. The van der Waals surface area contributed by atoms with E-state index in [0.717, 1.165) is 25.0 Å². The van der Waals surface area contributed by atoms with E-state index in [9.17, 15) is 5.11 Å². The van der Waals surface area contributed by atoms with Crippen LogP contribution in [0, 0.1) is 0 Å². The molecule has 2 unspecified atom stereocenters. The van der Waals surface area contributed by atoms with Gasteiger partial charge in [-0.15, -0.1) is 11.8 Å². The molecule has 1 saturated heterocycles. The summed E-state index contributed by atoms with van der Waals surface area (Å²) >= 11 is 1.88. The van der Waals surface area contributed by atoms with E-state index in [1.165, 1.54) is 4.90 Å². The Morgan fingerprint density at radius 3 is 2.65 bits per heavy atom. The first-order valence-electron chi connectivity index (χ1n) is 6.27. The van der Waals surface area contributed by atoms with Gasteiger partial charge in [-0.1, -0.05) is 19.1 Å². The van der Waals surface area contributed by atoms with Crippen molar-refractivity contribution in [1.82, 2.24) is 0 Å². The van der Waals surface area contributed by atoms with E-state index >= 15 is 0 Å². The second-order valence-electron chi connectivity index (χ2n) is 4.51. The van der Waals surface area contributed by atoms with Crippen LogP contribution in [0.2, 0.25) is 0 Å². The quantitative estimate of drug-likeness (QED) is 0.890. The van der Waals surface area contributed by atoms with Crippen LogP contribution in [0.15, 0.2) is 29.2 Å². The number of aliphatic hydroxyl groups is 1. The topological polar surface area (TPSA) is 29.5 Å². The molecule has 2 rings (SSSR count). The Morgan fingerprint density at radius 1 is 1.41 bits per heavy atom. The lowest BCUT2D eigenvalue weighted by Crippen LogP contribution is -2.12. The minimum absolute atomic E-state index is 0.331. The largest absolute Gasteiger partial charge is 0.388 e. The van der Waals surface area contributed by atoms with Crippen LogP contribution < -0.4 is 0 Å². The smallest absolute Gasteiger partial charge is 0.0787 e. The molecule has 0 saturated carbocycles. The maximum Gasteiger partial charge on any atom is 0.0787 e. The van der Waals surface area contributed by atoms with Crippen molar-refractivity contribution in [2.45, 2.75) is 49.0 Å². The van der Waals surface area contributed by atoms with Crippen molar-refractivity contribution >= 4 is 11.8 Å². The van der Waals surface area contributed by atoms with Crippen LogP contribution in [0.3, 0.4) is 0 Å². The predicted octanol–water partition coefficient (Wildman–Crippen LogP) is 3.40. The highest BCUT2D eigenvalue weighted by molar-refractivity contribution is 8.00. The number of aliphatic hydroxyl groups excluding tert-OH is 1. The van der Waals surface area contributed by atoms with Crippen LogP contribution in [0.1, 0.15) is 38.4 Å². The van der Waals surface area contributed by atoms with Gasteiger partial charge in [0.25, 0.3) is 0 Å². The van der Waals surface area contributed by atoms with Gasteiger partial charge < -0.3 is 9.84 Å². The Kier molecular flexibility index (Phi) is 4.48. The van der Waals surface area contributed by atoms with Gasteiger partial charge in [0.05, 0.1) is 12.2 Å². The predicted molar refractivity (Wildman–Crippen MR) is 71.4 cm³/mol. The second kappa shape index (κ2) is 5.89. The summed E-state index contributed by atoms with van der Waals surface area (Å²) in [7, 11) is 0. The van der Waals surface area contributed by atoms with Crippen molar-refractivity contribution in [2.24, 2.45) is 0 Å². The highest BCUT2D eigenvalue weighted by Gasteiger charge is 2.24. The van der Waals surface area contributed by atoms with Gasteiger partial charge in [0.2, 0.25) is 0 Å². The van der Waals surface area contributed by atoms with Gasteiger partial charge in [-0.3, -0.25) is 0 Å². The normalized spacial score (nSPS) is 26.1. The molecule has 3 heteroatoms. The Labute approximate surface area is 107 Å². The van der Waals surface area contributed by atoms with Gasteiger partial charge in [0.1, 0.15) is 0 Å². The van der Waals surface area contributed by atoms with Crippen LogP contribution in [0.5, 0.6) is 0 Å². The monoisotopic (exact) mass is 252 g/mol. The summed E-state index contributed by atoms with van der Waals surface area (Å²) < 4.78 is 5.56. The molecule has 1 aliphatic rings. The molecule has 17 heavy (non-hydrogen) atoms. The molecule has 1 heterocycles. The van der Waals surface area contributed by atoms with E-state index in [0.29, 0.717) is 11.4 Å². The minimum atomic E-state index is -0.331. The van der Waals surface area contributed by atoms with E-state index < -0.39 is 0 Å². The first-order valence-corrected chi connectivity index (χ1v) is 7.15.